The second-order valence-corrected chi connectivity index (χ2v) is 23.2. The van der Waals surface area contributed by atoms with Crippen molar-refractivity contribution in [1.82, 2.24) is 18.3 Å². The highest BCUT2D eigenvalue weighted by molar-refractivity contribution is 6.15. The molecule has 0 radical (unpaired) electrons. The first-order chi connectivity index (χ1) is 43.1. The molecule has 1 aliphatic carbocycles. The maximum atomic E-state index is 5.75. The van der Waals surface area contributed by atoms with Gasteiger partial charge in [-0.2, -0.15) is 0 Å². The van der Waals surface area contributed by atoms with E-state index in [9.17, 15) is 0 Å². The summed E-state index contributed by atoms with van der Waals surface area (Å²) in [4.78, 5) is 10.7. The highest BCUT2D eigenvalue weighted by Gasteiger charge is 2.22. The molecule has 0 N–H and O–H groups in total. The minimum Gasteiger partial charge on any atom is -0.324 e. The lowest BCUT2D eigenvalue weighted by molar-refractivity contribution is 0.694. The maximum Gasteiger partial charge on any atom is 0.115 e. The summed E-state index contributed by atoms with van der Waals surface area (Å²) in [5.41, 5.74) is 20.8. The second-order valence-electron chi connectivity index (χ2n) is 23.2. The van der Waals surface area contributed by atoms with Crippen molar-refractivity contribution in [3.05, 3.63) is 300 Å². The Morgan fingerprint density at radius 2 is 0.839 bits per heavy atom. The molecule has 4 aromatic heterocycles. The zero-order chi connectivity index (χ0) is 57.3. The van der Waals surface area contributed by atoms with Crippen LogP contribution in [0.4, 0.5) is 0 Å². The third-order valence-electron chi connectivity index (χ3n) is 18.6. The van der Waals surface area contributed by atoms with Crippen LogP contribution in [0.3, 0.4) is 0 Å². The zero-order valence-electron chi connectivity index (χ0n) is 47.6. The third kappa shape index (κ3) is 7.47. The van der Waals surface area contributed by atoms with Gasteiger partial charge < -0.3 is 18.3 Å². The highest BCUT2D eigenvalue weighted by Crippen LogP contribution is 2.41. The predicted molar refractivity (Wildman–Crippen MR) is 365 cm³/mol. The number of aromatic nitrogens is 4. The largest absolute Gasteiger partial charge is 0.324 e. The van der Waals surface area contributed by atoms with Crippen LogP contribution in [-0.4, -0.2) is 25.0 Å². The van der Waals surface area contributed by atoms with E-state index in [0.717, 1.165) is 73.5 Å². The summed E-state index contributed by atoms with van der Waals surface area (Å²) < 4.78 is 9.62. The molecule has 1 aliphatic rings. The summed E-state index contributed by atoms with van der Waals surface area (Å²) in [5, 5.41) is 15.2. The summed E-state index contributed by atoms with van der Waals surface area (Å²) in [7, 11) is 0. The van der Waals surface area contributed by atoms with Crippen molar-refractivity contribution in [2.75, 3.05) is 0 Å². The van der Waals surface area contributed by atoms with Crippen LogP contribution in [0.2, 0.25) is 0 Å². The standard InChI is InChI=1S/C81H54N6/c1-82-80(52-34-40-59(41-35-52)87-73-33-15-11-27-63(73)68-47-54(38-44-76(68)87)53-37-43-74-67(46-53)61-25-9-13-31-71(61)85(74)57-20-4-2-5-21-57)79-65-28-16-18-51-19-17-29-66(78(51)65)81(79)83-50-84-70-30-12-8-24-60(70)64-42-36-56(49-77(64)84)55-39-45-75-69(48-55)62-26-10-14-32-72(62)86(75)58-22-6-3-7-23-58/h2-11,13-29,31-49H,1,12,30,50H2/b80-79-,83-81-. The number of nitrogens with zero attached hydrogens (tertiary/aromatic N) is 6. The van der Waals surface area contributed by atoms with Crippen molar-refractivity contribution in [3.63, 3.8) is 0 Å². The molecular weight excluding hydrogens is 1060 g/mol. The van der Waals surface area contributed by atoms with Crippen molar-refractivity contribution >= 4 is 116 Å². The fourth-order valence-corrected chi connectivity index (χ4v) is 14.7. The molecule has 0 spiro atoms. The van der Waals surface area contributed by atoms with Crippen LogP contribution in [0.25, 0.3) is 149 Å². The van der Waals surface area contributed by atoms with Crippen molar-refractivity contribution in [2.45, 2.75) is 19.5 Å². The average molecular weight is 1110 g/mol. The number of aliphatic imine (C=N–C) groups is 1. The SMILES string of the molecule is C=N/C(c1ccc(-n2c3ccccc3c3cc(-c4ccc5c(c4)c4ccccc4n5-c4ccccc4)ccc32)cc1)=c1\c(=N/Cn2c3c(c4ccc(-c5ccc6c(c5)c5ccccc5n6-c5ccccc5)cc42)C=CCC3)c2cccc3cccc1c32. The van der Waals surface area contributed by atoms with Gasteiger partial charge in [0.25, 0.3) is 0 Å². The van der Waals surface area contributed by atoms with Gasteiger partial charge >= 0.3 is 0 Å². The maximum absolute atomic E-state index is 5.75. The van der Waals surface area contributed by atoms with E-state index in [2.05, 4.69) is 304 Å². The molecular formula is C81H54N6. The molecule has 408 valence electrons. The van der Waals surface area contributed by atoms with Crippen molar-refractivity contribution in [2.24, 2.45) is 9.98 Å². The number of rotatable bonds is 9. The monoisotopic (exact) mass is 1110 g/mol. The number of hydrogen-bond acceptors (Lipinski definition) is 2. The number of benzene rings is 12. The molecule has 0 saturated carbocycles. The molecule has 13 aromatic carbocycles. The molecule has 0 amide bonds. The number of para-hydroxylation sites is 5. The lowest BCUT2D eigenvalue weighted by Crippen LogP contribution is -2.25. The zero-order valence-corrected chi connectivity index (χ0v) is 47.6. The van der Waals surface area contributed by atoms with Gasteiger partial charge in [0.15, 0.2) is 0 Å². The molecule has 0 atom stereocenters. The van der Waals surface area contributed by atoms with Crippen LogP contribution in [-0.2, 0) is 13.1 Å². The minimum absolute atomic E-state index is 0.447. The van der Waals surface area contributed by atoms with Gasteiger partial charge in [-0.05, 0) is 155 Å². The van der Waals surface area contributed by atoms with E-state index in [1.54, 1.807) is 0 Å². The fourth-order valence-electron chi connectivity index (χ4n) is 14.7. The van der Waals surface area contributed by atoms with Gasteiger partial charge in [0.2, 0.25) is 0 Å². The Labute approximate surface area is 501 Å². The van der Waals surface area contributed by atoms with E-state index in [1.165, 1.54) is 110 Å². The molecule has 6 nitrogen and oxygen atoms in total. The van der Waals surface area contributed by atoms with Crippen LogP contribution in [0.1, 0.15) is 23.2 Å². The molecule has 87 heavy (non-hydrogen) atoms. The normalized spacial score (nSPS) is 13.3. The second kappa shape index (κ2) is 19.4. The first-order valence-corrected chi connectivity index (χ1v) is 30.1. The Balaban J connectivity index is 0.749. The topological polar surface area (TPSA) is 44.4 Å². The van der Waals surface area contributed by atoms with Crippen LogP contribution in [0, 0.1) is 0 Å². The summed E-state index contributed by atoms with van der Waals surface area (Å²) in [6, 6.07) is 97.5. The van der Waals surface area contributed by atoms with E-state index in [0.29, 0.717) is 6.67 Å². The average Bonchev–Trinajstić information content (AvgIpc) is 1.85. The fraction of sp³-hybridized carbons (Fsp3) is 0.0370. The van der Waals surface area contributed by atoms with Crippen molar-refractivity contribution in [1.29, 1.82) is 0 Å². The molecule has 0 bridgehead atoms. The van der Waals surface area contributed by atoms with E-state index >= 15 is 0 Å². The molecule has 0 unspecified atom stereocenters. The highest BCUT2D eigenvalue weighted by atomic mass is 15.1. The lowest BCUT2D eigenvalue weighted by atomic mass is 9.99. The van der Waals surface area contributed by atoms with Gasteiger partial charge in [-0.25, -0.2) is 0 Å². The van der Waals surface area contributed by atoms with Gasteiger partial charge in [0.05, 0.1) is 49.7 Å². The van der Waals surface area contributed by atoms with Crippen LogP contribution < -0.4 is 10.6 Å². The smallest absolute Gasteiger partial charge is 0.115 e. The molecule has 6 heteroatoms. The Kier molecular flexibility index (Phi) is 10.9. The van der Waals surface area contributed by atoms with Gasteiger partial charge in [-0.1, -0.05) is 182 Å². The molecule has 0 saturated heterocycles. The first kappa shape index (κ1) is 49.1. The van der Waals surface area contributed by atoms with Crippen molar-refractivity contribution in [3.8, 4) is 39.3 Å². The quantitative estimate of drug-likeness (QED) is 0.129. The van der Waals surface area contributed by atoms with Gasteiger partial charge in [0.1, 0.15) is 6.67 Å². The van der Waals surface area contributed by atoms with Crippen LogP contribution >= 0.6 is 0 Å². The molecule has 17 aromatic rings. The number of fused-ring (bicyclic) bond motifs is 12. The van der Waals surface area contributed by atoms with Crippen LogP contribution in [0.5, 0.6) is 0 Å². The number of allylic oxidation sites excluding steroid dienone is 1. The van der Waals surface area contributed by atoms with Gasteiger partial charge in [-0.15, -0.1) is 0 Å². The Morgan fingerprint density at radius 3 is 1.38 bits per heavy atom. The summed E-state index contributed by atoms with van der Waals surface area (Å²) >= 11 is 0. The van der Waals surface area contributed by atoms with E-state index in [-0.39, 0.29) is 0 Å². The summed E-state index contributed by atoms with van der Waals surface area (Å²) in [5.74, 6) is 0. The minimum atomic E-state index is 0.447. The predicted octanol–water partition coefficient (Wildman–Crippen LogP) is 19.1. The van der Waals surface area contributed by atoms with E-state index < -0.39 is 0 Å². The number of hydrogen-bond donors (Lipinski definition) is 0. The first-order valence-electron chi connectivity index (χ1n) is 30.1. The Bertz CT molecular complexity index is 5850. The lowest BCUT2D eigenvalue weighted by Gasteiger charge is -2.11. The van der Waals surface area contributed by atoms with E-state index in [1.807, 2.05) is 0 Å². The summed E-state index contributed by atoms with van der Waals surface area (Å²) in [6.07, 6.45) is 6.57. The Morgan fingerprint density at radius 1 is 0.379 bits per heavy atom. The Hall–Kier alpha value is -11.3. The summed E-state index contributed by atoms with van der Waals surface area (Å²) in [6.45, 7) is 4.74. The van der Waals surface area contributed by atoms with Crippen LogP contribution in [0.15, 0.2) is 283 Å². The molecule has 18 rings (SSSR count). The molecule has 0 fully saturated rings. The van der Waals surface area contributed by atoms with E-state index in [4.69, 9.17) is 9.98 Å². The molecule has 0 aliphatic heterocycles. The third-order valence-corrected chi connectivity index (χ3v) is 18.6. The van der Waals surface area contributed by atoms with Crippen molar-refractivity contribution < 1.29 is 0 Å². The van der Waals surface area contributed by atoms with Gasteiger partial charge in [-0.3, -0.25) is 9.98 Å². The molecule has 4 heterocycles. The van der Waals surface area contributed by atoms with Gasteiger partial charge in [0, 0.05) is 82.2 Å².